The summed E-state index contributed by atoms with van der Waals surface area (Å²) in [4.78, 5) is 30.3. The van der Waals surface area contributed by atoms with Crippen LogP contribution in [0.1, 0.15) is 47.7 Å². The second-order valence-corrected chi connectivity index (χ2v) is 5.44. The summed E-state index contributed by atoms with van der Waals surface area (Å²) in [6, 6.07) is 0.0413. The molecule has 1 fully saturated rings. The Bertz CT molecular complexity index is 515. The van der Waals surface area contributed by atoms with Crippen LogP contribution >= 0.6 is 0 Å². The summed E-state index contributed by atoms with van der Waals surface area (Å²) in [5, 5.41) is 11.6. The van der Waals surface area contributed by atoms with E-state index in [1.54, 1.807) is 0 Å². The van der Waals surface area contributed by atoms with Crippen molar-refractivity contribution in [1.29, 1.82) is 0 Å². The number of amides is 1. The van der Waals surface area contributed by atoms with E-state index < -0.39 is 5.97 Å². The van der Waals surface area contributed by atoms with Gasteiger partial charge in [0.05, 0.1) is 18.5 Å². The van der Waals surface area contributed by atoms with Crippen LogP contribution in [-0.4, -0.2) is 45.7 Å². The number of carboxylic acids is 1. The average molecular weight is 293 g/mol. The van der Waals surface area contributed by atoms with Gasteiger partial charge in [-0.05, 0) is 18.8 Å². The Balaban J connectivity index is 1.96. The fourth-order valence-corrected chi connectivity index (χ4v) is 2.24. The number of carboxylic acid groups (broad SMARTS) is 1. The van der Waals surface area contributed by atoms with Crippen molar-refractivity contribution in [2.75, 3.05) is 6.61 Å². The number of nitrogens with one attached hydrogen (secondary N) is 1. The molecule has 0 aromatic carbocycles. The van der Waals surface area contributed by atoms with Crippen molar-refractivity contribution in [3.63, 3.8) is 0 Å². The van der Waals surface area contributed by atoms with Gasteiger partial charge in [0.2, 0.25) is 0 Å². The standard InChI is InChI=1S/C14H19N3O4/c1-8(2)12-5-9(3-4-21-12)17-13(18)10-6-16-11(7-15-10)14(19)20/h6-9,12H,3-5H2,1-2H3,(H,17,18)(H,19,20). The Hall–Kier alpha value is -2.02. The molecule has 2 atom stereocenters. The van der Waals surface area contributed by atoms with Crippen molar-refractivity contribution in [1.82, 2.24) is 15.3 Å². The normalized spacial score (nSPS) is 22.0. The van der Waals surface area contributed by atoms with Crippen molar-refractivity contribution >= 4 is 11.9 Å². The highest BCUT2D eigenvalue weighted by Gasteiger charge is 2.26. The van der Waals surface area contributed by atoms with Crippen LogP contribution in [0.2, 0.25) is 0 Å². The second-order valence-electron chi connectivity index (χ2n) is 5.44. The maximum Gasteiger partial charge on any atom is 0.356 e. The highest BCUT2D eigenvalue weighted by atomic mass is 16.5. The molecule has 0 saturated carbocycles. The van der Waals surface area contributed by atoms with Crippen molar-refractivity contribution in [2.24, 2.45) is 5.92 Å². The van der Waals surface area contributed by atoms with Crippen molar-refractivity contribution in [3.8, 4) is 0 Å². The SMILES string of the molecule is CC(C)C1CC(NC(=O)c2cnc(C(=O)O)cn2)CCO1. The fraction of sp³-hybridized carbons (Fsp3) is 0.571. The van der Waals surface area contributed by atoms with Gasteiger partial charge in [-0.25, -0.2) is 14.8 Å². The Labute approximate surface area is 122 Å². The first-order valence-corrected chi connectivity index (χ1v) is 6.95. The van der Waals surface area contributed by atoms with Gasteiger partial charge < -0.3 is 15.2 Å². The Morgan fingerprint density at radius 1 is 1.33 bits per heavy atom. The molecule has 1 aromatic rings. The minimum atomic E-state index is -1.17. The molecule has 1 amide bonds. The first-order chi connectivity index (χ1) is 9.97. The Kier molecular flexibility index (Phi) is 4.85. The molecule has 0 spiro atoms. The van der Waals surface area contributed by atoms with Gasteiger partial charge in [0, 0.05) is 12.6 Å². The topological polar surface area (TPSA) is 101 Å². The van der Waals surface area contributed by atoms with Gasteiger partial charge in [0.25, 0.3) is 5.91 Å². The summed E-state index contributed by atoms with van der Waals surface area (Å²) in [5.41, 5.74) is -0.0647. The number of rotatable bonds is 4. The molecular weight excluding hydrogens is 274 g/mol. The van der Waals surface area contributed by atoms with Gasteiger partial charge in [-0.3, -0.25) is 4.79 Å². The van der Waals surface area contributed by atoms with Crippen molar-refractivity contribution < 1.29 is 19.4 Å². The summed E-state index contributed by atoms with van der Waals surface area (Å²) in [6.45, 7) is 4.80. The number of hydrogen-bond acceptors (Lipinski definition) is 5. The van der Waals surface area contributed by atoms with Gasteiger partial charge >= 0.3 is 5.97 Å². The quantitative estimate of drug-likeness (QED) is 0.862. The molecule has 2 N–H and O–H groups in total. The highest BCUT2D eigenvalue weighted by Crippen LogP contribution is 2.20. The van der Waals surface area contributed by atoms with Crippen LogP contribution in [0.25, 0.3) is 0 Å². The lowest BCUT2D eigenvalue weighted by Gasteiger charge is -2.32. The second kappa shape index (κ2) is 6.62. The molecule has 2 unspecified atom stereocenters. The molecule has 0 radical (unpaired) electrons. The zero-order chi connectivity index (χ0) is 15.4. The zero-order valence-corrected chi connectivity index (χ0v) is 12.1. The first kappa shape index (κ1) is 15.4. The largest absolute Gasteiger partial charge is 0.476 e. The summed E-state index contributed by atoms with van der Waals surface area (Å²) < 4.78 is 5.65. The van der Waals surface area contributed by atoms with Gasteiger partial charge in [-0.2, -0.15) is 0 Å². The summed E-state index contributed by atoms with van der Waals surface area (Å²) >= 11 is 0. The minimum absolute atomic E-state index is 0.0413. The van der Waals surface area contributed by atoms with E-state index >= 15 is 0 Å². The Morgan fingerprint density at radius 3 is 2.57 bits per heavy atom. The first-order valence-electron chi connectivity index (χ1n) is 6.95. The van der Waals surface area contributed by atoms with E-state index in [1.165, 1.54) is 6.20 Å². The Morgan fingerprint density at radius 2 is 2.00 bits per heavy atom. The lowest BCUT2D eigenvalue weighted by atomic mass is 9.95. The third-order valence-corrected chi connectivity index (χ3v) is 3.50. The molecule has 7 nitrogen and oxygen atoms in total. The van der Waals surface area contributed by atoms with E-state index in [-0.39, 0.29) is 29.4 Å². The molecule has 1 saturated heterocycles. The maximum absolute atomic E-state index is 12.1. The predicted octanol–water partition coefficient (Wildman–Crippen LogP) is 1.11. The predicted molar refractivity (Wildman–Crippen MR) is 74.1 cm³/mol. The smallest absolute Gasteiger partial charge is 0.356 e. The lowest BCUT2D eigenvalue weighted by molar-refractivity contribution is -0.0233. The molecule has 2 heterocycles. The lowest BCUT2D eigenvalue weighted by Crippen LogP contribution is -2.43. The van der Waals surface area contributed by atoms with E-state index in [9.17, 15) is 9.59 Å². The molecule has 7 heteroatoms. The van der Waals surface area contributed by atoms with E-state index in [0.29, 0.717) is 12.5 Å². The number of nitrogens with zero attached hydrogens (tertiary/aromatic N) is 2. The van der Waals surface area contributed by atoms with Crippen LogP contribution in [0.3, 0.4) is 0 Å². The number of hydrogen-bond donors (Lipinski definition) is 2. The fourth-order valence-electron chi connectivity index (χ4n) is 2.24. The zero-order valence-electron chi connectivity index (χ0n) is 12.1. The number of carbonyl (C=O) groups is 2. The van der Waals surface area contributed by atoms with E-state index in [1.807, 2.05) is 0 Å². The molecule has 1 aliphatic rings. The van der Waals surface area contributed by atoms with Gasteiger partial charge in [0.15, 0.2) is 5.69 Å². The summed E-state index contributed by atoms with van der Waals surface area (Å²) in [6.07, 6.45) is 3.93. The van der Waals surface area contributed by atoms with Crippen LogP contribution < -0.4 is 5.32 Å². The molecule has 0 bridgehead atoms. The minimum Gasteiger partial charge on any atom is -0.476 e. The van der Waals surface area contributed by atoms with Crippen molar-refractivity contribution in [2.45, 2.75) is 38.8 Å². The van der Waals surface area contributed by atoms with Gasteiger partial charge in [0.1, 0.15) is 5.69 Å². The molecule has 114 valence electrons. The molecule has 1 aromatic heterocycles. The van der Waals surface area contributed by atoms with Crippen LogP contribution in [0.4, 0.5) is 0 Å². The average Bonchev–Trinajstić information content (AvgIpc) is 2.47. The molecule has 0 aliphatic carbocycles. The van der Waals surface area contributed by atoms with E-state index in [4.69, 9.17) is 9.84 Å². The maximum atomic E-state index is 12.1. The van der Waals surface area contributed by atoms with Crippen LogP contribution in [0, 0.1) is 5.92 Å². The van der Waals surface area contributed by atoms with Crippen LogP contribution in [0.5, 0.6) is 0 Å². The van der Waals surface area contributed by atoms with E-state index in [2.05, 4.69) is 29.1 Å². The number of aromatic carboxylic acids is 1. The molecule has 21 heavy (non-hydrogen) atoms. The number of ether oxygens (including phenoxy) is 1. The third kappa shape index (κ3) is 3.98. The van der Waals surface area contributed by atoms with Gasteiger partial charge in [-0.15, -0.1) is 0 Å². The number of aromatic nitrogens is 2. The van der Waals surface area contributed by atoms with E-state index in [0.717, 1.165) is 19.0 Å². The van der Waals surface area contributed by atoms with Crippen molar-refractivity contribution in [3.05, 3.63) is 23.8 Å². The summed E-state index contributed by atoms with van der Waals surface area (Å²) in [7, 11) is 0. The van der Waals surface area contributed by atoms with Crippen LogP contribution in [0.15, 0.2) is 12.4 Å². The molecule has 2 rings (SSSR count). The van der Waals surface area contributed by atoms with Gasteiger partial charge in [-0.1, -0.05) is 13.8 Å². The monoisotopic (exact) mass is 293 g/mol. The van der Waals surface area contributed by atoms with Crippen LogP contribution in [-0.2, 0) is 4.74 Å². The molecule has 1 aliphatic heterocycles. The number of carbonyl (C=O) groups excluding carboxylic acids is 1. The summed E-state index contributed by atoms with van der Waals surface area (Å²) in [5.74, 6) is -1.10. The third-order valence-electron chi connectivity index (χ3n) is 3.50. The molecular formula is C14H19N3O4. The highest BCUT2D eigenvalue weighted by molar-refractivity contribution is 5.92.